The van der Waals surface area contributed by atoms with Crippen molar-refractivity contribution in [3.8, 4) is 5.75 Å². The molecule has 2 amide bonds. The molecule has 0 spiro atoms. The molecule has 34 heavy (non-hydrogen) atoms. The number of ether oxygens (including phenoxy) is 1. The first-order chi connectivity index (χ1) is 16.3. The number of nitrogens with one attached hydrogen (secondary N) is 1. The van der Waals surface area contributed by atoms with Crippen LogP contribution in [-0.2, 0) is 22.6 Å². The smallest absolute Gasteiger partial charge is 0.291 e. The van der Waals surface area contributed by atoms with Crippen LogP contribution in [0.2, 0.25) is 0 Å². The van der Waals surface area contributed by atoms with Crippen LogP contribution in [0, 0.1) is 5.82 Å². The maximum Gasteiger partial charge on any atom is 0.291 e. The Morgan fingerprint density at radius 1 is 1.24 bits per heavy atom. The summed E-state index contributed by atoms with van der Waals surface area (Å²) in [6.07, 6.45) is 2.30. The van der Waals surface area contributed by atoms with Gasteiger partial charge < -0.3 is 19.7 Å². The van der Waals surface area contributed by atoms with Gasteiger partial charge in [-0.05, 0) is 37.1 Å². The molecule has 10 heteroatoms. The molecule has 3 aromatic rings. The van der Waals surface area contributed by atoms with Crippen molar-refractivity contribution in [3.63, 3.8) is 0 Å². The first-order valence-electron chi connectivity index (χ1n) is 10.8. The van der Waals surface area contributed by atoms with Crippen molar-refractivity contribution in [3.05, 3.63) is 71.6 Å². The Morgan fingerprint density at radius 2 is 2.03 bits per heavy atom. The standard InChI is InChI=1S/C24H24FN5O4/c1-15(31)7-8-16-9-10-21-20(11-16)29(2)24(33)19(13-34-21)27-23(32)22-26-14-30(28-22)12-17-5-3-4-6-18(17)25/h3-6,9-11,14,19H,7-8,12-13H2,1-2H3,(H,27,32)/t19-/m0/s1. The minimum Gasteiger partial charge on any atom is -0.489 e. The number of Topliss-reactive ketones (excluding diaryl/α,β-unsaturated/α-hetero) is 1. The molecule has 0 unspecified atom stereocenters. The van der Waals surface area contributed by atoms with Gasteiger partial charge in [0.25, 0.3) is 11.8 Å². The van der Waals surface area contributed by atoms with Gasteiger partial charge in [0.1, 0.15) is 36.3 Å². The second-order valence-corrected chi connectivity index (χ2v) is 8.10. The van der Waals surface area contributed by atoms with Gasteiger partial charge in [0, 0.05) is 19.0 Å². The molecule has 0 aliphatic carbocycles. The summed E-state index contributed by atoms with van der Waals surface area (Å²) < 4.78 is 21.0. The zero-order valence-electron chi connectivity index (χ0n) is 18.8. The van der Waals surface area contributed by atoms with Crippen molar-refractivity contribution < 1.29 is 23.5 Å². The number of aromatic nitrogens is 3. The van der Waals surface area contributed by atoms with Gasteiger partial charge in [-0.1, -0.05) is 24.3 Å². The maximum atomic E-state index is 13.9. The highest BCUT2D eigenvalue weighted by Gasteiger charge is 2.31. The van der Waals surface area contributed by atoms with E-state index < -0.39 is 11.9 Å². The Bertz CT molecular complexity index is 1240. The van der Waals surface area contributed by atoms with Crippen LogP contribution in [0.25, 0.3) is 0 Å². The molecule has 1 atom stereocenters. The molecule has 0 saturated carbocycles. The first kappa shape index (κ1) is 23.1. The highest BCUT2D eigenvalue weighted by atomic mass is 19.1. The highest BCUT2D eigenvalue weighted by molar-refractivity contribution is 6.02. The average Bonchev–Trinajstić information content (AvgIpc) is 3.25. The van der Waals surface area contributed by atoms with Crippen LogP contribution in [0.4, 0.5) is 10.1 Å². The van der Waals surface area contributed by atoms with E-state index in [-0.39, 0.29) is 36.5 Å². The van der Waals surface area contributed by atoms with E-state index in [2.05, 4.69) is 15.4 Å². The van der Waals surface area contributed by atoms with Crippen LogP contribution >= 0.6 is 0 Å². The number of rotatable bonds is 7. The van der Waals surface area contributed by atoms with E-state index in [0.29, 0.717) is 29.8 Å². The van der Waals surface area contributed by atoms with Crippen molar-refractivity contribution in [1.82, 2.24) is 20.1 Å². The number of ketones is 1. The lowest BCUT2D eigenvalue weighted by molar-refractivity contribution is -0.120. The summed E-state index contributed by atoms with van der Waals surface area (Å²) in [5.74, 6) is -0.926. The van der Waals surface area contributed by atoms with E-state index >= 15 is 0 Å². The number of aryl methyl sites for hydroxylation is 1. The number of carbonyl (C=O) groups is 3. The largest absolute Gasteiger partial charge is 0.489 e. The minimum absolute atomic E-state index is 0.0648. The number of fused-ring (bicyclic) bond motifs is 1. The average molecular weight is 465 g/mol. The fourth-order valence-corrected chi connectivity index (χ4v) is 3.62. The van der Waals surface area contributed by atoms with E-state index in [1.54, 1.807) is 31.3 Å². The van der Waals surface area contributed by atoms with Crippen LogP contribution in [0.15, 0.2) is 48.8 Å². The van der Waals surface area contributed by atoms with E-state index in [1.165, 1.54) is 28.9 Å². The number of anilines is 1. The summed E-state index contributed by atoms with van der Waals surface area (Å²) in [6.45, 7) is 1.58. The minimum atomic E-state index is -0.955. The molecule has 1 aliphatic rings. The lowest BCUT2D eigenvalue weighted by Crippen LogP contribution is -2.49. The summed E-state index contributed by atoms with van der Waals surface area (Å²) in [4.78, 5) is 42.4. The highest BCUT2D eigenvalue weighted by Crippen LogP contribution is 2.32. The molecule has 9 nitrogen and oxygen atoms in total. The van der Waals surface area contributed by atoms with Gasteiger partial charge in [-0.2, -0.15) is 0 Å². The second-order valence-electron chi connectivity index (χ2n) is 8.10. The van der Waals surface area contributed by atoms with E-state index in [4.69, 9.17) is 4.74 Å². The van der Waals surface area contributed by atoms with Crippen LogP contribution in [-0.4, -0.2) is 52.1 Å². The molecule has 2 heterocycles. The normalized spacial score (nSPS) is 15.3. The summed E-state index contributed by atoms with van der Waals surface area (Å²) >= 11 is 0. The summed E-state index contributed by atoms with van der Waals surface area (Å²) in [7, 11) is 1.60. The van der Waals surface area contributed by atoms with Gasteiger partial charge in [-0.25, -0.2) is 14.1 Å². The number of hydrogen-bond acceptors (Lipinski definition) is 6. The van der Waals surface area contributed by atoms with Crippen molar-refractivity contribution >= 4 is 23.3 Å². The first-order valence-corrected chi connectivity index (χ1v) is 10.8. The van der Waals surface area contributed by atoms with Crippen LogP contribution < -0.4 is 15.0 Å². The number of halogens is 1. The zero-order chi connectivity index (χ0) is 24.2. The summed E-state index contributed by atoms with van der Waals surface area (Å²) in [5, 5.41) is 6.72. The number of likely N-dealkylation sites (N-methyl/N-ethyl adjacent to an activating group) is 1. The predicted octanol–water partition coefficient (Wildman–Crippen LogP) is 2.14. The van der Waals surface area contributed by atoms with E-state index in [1.807, 2.05) is 12.1 Å². The zero-order valence-corrected chi connectivity index (χ0v) is 18.8. The van der Waals surface area contributed by atoms with Gasteiger partial charge in [0.05, 0.1) is 12.2 Å². The fourth-order valence-electron chi connectivity index (χ4n) is 3.62. The van der Waals surface area contributed by atoms with Gasteiger partial charge >= 0.3 is 0 Å². The van der Waals surface area contributed by atoms with Crippen LogP contribution in [0.3, 0.4) is 0 Å². The van der Waals surface area contributed by atoms with Crippen molar-refractivity contribution in [2.24, 2.45) is 0 Å². The third-order valence-corrected chi connectivity index (χ3v) is 5.52. The lowest BCUT2D eigenvalue weighted by Gasteiger charge is -2.20. The van der Waals surface area contributed by atoms with Crippen molar-refractivity contribution in [1.29, 1.82) is 0 Å². The van der Waals surface area contributed by atoms with Gasteiger partial charge in [0.2, 0.25) is 5.82 Å². The fraction of sp³-hybridized carbons (Fsp3) is 0.292. The van der Waals surface area contributed by atoms with E-state index in [9.17, 15) is 18.8 Å². The monoisotopic (exact) mass is 465 g/mol. The molecular weight excluding hydrogens is 441 g/mol. The summed E-state index contributed by atoms with van der Waals surface area (Å²) in [6, 6.07) is 10.7. The van der Waals surface area contributed by atoms with Crippen LogP contribution in [0.5, 0.6) is 5.75 Å². The summed E-state index contributed by atoms with van der Waals surface area (Å²) in [5.41, 5.74) is 1.88. The van der Waals surface area contributed by atoms with Gasteiger partial charge in [-0.15, -0.1) is 5.10 Å². The number of amides is 2. The molecule has 0 fully saturated rings. The number of carbonyl (C=O) groups excluding carboxylic acids is 3. The second kappa shape index (κ2) is 9.82. The Hall–Kier alpha value is -4.08. The molecule has 1 aliphatic heterocycles. The lowest BCUT2D eigenvalue weighted by atomic mass is 10.1. The Kier molecular flexibility index (Phi) is 6.67. The molecule has 2 aromatic carbocycles. The molecule has 0 saturated heterocycles. The molecule has 176 valence electrons. The molecular formula is C24H24FN5O4. The number of nitrogens with zero attached hydrogens (tertiary/aromatic N) is 4. The number of hydrogen-bond donors (Lipinski definition) is 1. The Balaban J connectivity index is 1.43. The predicted molar refractivity (Wildman–Crippen MR) is 121 cm³/mol. The third kappa shape index (κ3) is 5.11. The van der Waals surface area contributed by atoms with Crippen molar-refractivity contribution in [2.75, 3.05) is 18.6 Å². The number of benzene rings is 2. The molecule has 1 aromatic heterocycles. The van der Waals surface area contributed by atoms with Gasteiger partial charge in [0.15, 0.2) is 0 Å². The molecule has 0 radical (unpaired) electrons. The maximum absolute atomic E-state index is 13.9. The Labute approximate surface area is 195 Å². The van der Waals surface area contributed by atoms with Gasteiger partial charge in [-0.3, -0.25) is 9.59 Å². The molecule has 4 rings (SSSR count). The Morgan fingerprint density at radius 3 is 2.79 bits per heavy atom. The molecule has 1 N–H and O–H groups in total. The quantitative estimate of drug-likeness (QED) is 0.573. The topological polar surface area (TPSA) is 106 Å². The van der Waals surface area contributed by atoms with Crippen molar-refractivity contribution in [2.45, 2.75) is 32.4 Å². The van der Waals surface area contributed by atoms with Crippen LogP contribution in [0.1, 0.15) is 35.1 Å². The van der Waals surface area contributed by atoms with E-state index in [0.717, 1.165) is 5.56 Å². The third-order valence-electron chi connectivity index (χ3n) is 5.52. The molecule has 0 bridgehead atoms. The SMILES string of the molecule is CC(=O)CCc1ccc2c(c1)N(C)C(=O)[C@@H](NC(=O)c1ncn(Cc3ccccc3F)n1)CO2.